The molecular formula is C19H23ClN4O2. The van der Waals surface area contributed by atoms with Crippen LogP contribution in [0, 0.1) is 6.92 Å². The monoisotopic (exact) mass is 374 g/mol. The minimum atomic E-state index is -0.408. The van der Waals surface area contributed by atoms with Crippen molar-refractivity contribution in [3.63, 3.8) is 0 Å². The number of nitrogens with one attached hydrogen (secondary N) is 1. The van der Waals surface area contributed by atoms with Gasteiger partial charge < -0.3 is 15.0 Å². The Kier molecular flexibility index (Phi) is 5.93. The number of nitrogens with zero attached hydrogens (tertiary/aromatic N) is 3. The number of hydrogen-bond donors (Lipinski definition) is 1. The third-order valence-corrected chi connectivity index (χ3v) is 4.73. The lowest BCUT2D eigenvalue weighted by atomic mass is 10.2. The zero-order valence-corrected chi connectivity index (χ0v) is 15.8. The van der Waals surface area contributed by atoms with E-state index in [2.05, 4.69) is 20.2 Å². The van der Waals surface area contributed by atoms with Crippen molar-refractivity contribution in [1.29, 1.82) is 0 Å². The zero-order valence-electron chi connectivity index (χ0n) is 15.1. The van der Waals surface area contributed by atoms with Gasteiger partial charge in [0.25, 0.3) is 0 Å². The van der Waals surface area contributed by atoms with E-state index in [1.807, 2.05) is 13.0 Å². The first kappa shape index (κ1) is 18.5. The molecule has 0 saturated carbocycles. The van der Waals surface area contributed by atoms with Crippen molar-refractivity contribution in [2.24, 2.45) is 0 Å². The number of methoxy groups -OCH3 is 1. The number of esters is 1. The number of aryl methyl sites for hydroxylation is 1. The first-order chi connectivity index (χ1) is 12.6. The highest BCUT2D eigenvalue weighted by atomic mass is 35.5. The van der Waals surface area contributed by atoms with E-state index in [1.165, 1.54) is 32.8 Å². The number of benzene rings is 1. The van der Waals surface area contributed by atoms with E-state index in [0.29, 0.717) is 27.9 Å². The fourth-order valence-electron chi connectivity index (χ4n) is 3.08. The standard InChI is InChI=1S/C19H23ClN4O2/c1-13-21-17(12-18(22-13)24-9-5-3-4-6-10-24)23-16-11-14(19(25)26-2)7-8-15(16)20/h7-8,11-12H,3-6,9-10H2,1-2H3,(H,21,22,23). The van der Waals surface area contributed by atoms with Crippen LogP contribution in [0.1, 0.15) is 41.9 Å². The Bertz CT molecular complexity index is 789. The SMILES string of the molecule is COC(=O)c1ccc(Cl)c(Nc2cc(N3CCCCCC3)nc(C)n2)c1. The number of hydrogen-bond acceptors (Lipinski definition) is 6. The molecule has 1 aliphatic rings. The van der Waals surface area contributed by atoms with Crippen molar-refractivity contribution < 1.29 is 9.53 Å². The van der Waals surface area contributed by atoms with E-state index in [-0.39, 0.29) is 0 Å². The van der Waals surface area contributed by atoms with Gasteiger partial charge in [-0.15, -0.1) is 0 Å². The Morgan fingerprint density at radius 3 is 2.58 bits per heavy atom. The molecule has 26 heavy (non-hydrogen) atoms. The molecule has 1 aromatic carbocycles. The van der Waals surface area contributed by atoms with Crippen molar-refractivity contribution in [1.82, 2.24) is 9.97 Å². The maximum atomic E-state index is 11.8. The van der Waals surface area contributed by atoms with E-state index < -0.39 is 5.97 Å². The van der Waals surface area contributed by atoms with Crippen LogP contribution >= 0.6 is 11.6 Å². The number of ether oxygens (including phenoxy) is 1. The van der Waals surface area contributed by atoms with Crippen LogP contribution < -0.4 is 10.2 Å². The number of anilines is 3. The van der Waals surface area contributed by atoms with E-state index in [4.69, 9.17) is 16.3 Å². The second-order valence-electron chi connectivity index (χ2n) is 6.37. The summed E-state index contributed by atoms with van der Waals surface area (Å²) < 4.78 is 4.77. The molecule has 138 valence electrons. The summed E-state index contributed by atoms with van der Waals surface area (Å²) in [6.45, 7) is 3.89. The van der Waals surface area contributed by atoms with Gasteiger partial charge in [-0.25, -0.2) is 14.8 Å². The van der Waals surface area contributed by atoms with Gasteiger partial charge in [-0.2, -0.15) is 0 Å². The van der Waals surface area contributed by atoms with E-state index >= 15 is 0 Å². The molecule has 6 nitrogen and oxygen atoms in total. The topological polar surface area (TPSA) is 67.3 Å². The molecule has 2 aromatic rings. The van der Waals surface area contributed by atoms with Crippen LogP contribution in [0.25, 0.3) is 0 Å². The van der Waals surface area contributed by atoms with Crippen molar-refractivity contribution in [3.05, 3.63) is 40.7 Å². The first-order valence-electron chi connectivity index (χ1n) is 8.82. The maximum absolute atomic E-state index is 11.8. The molecule has 1 saturated heterocycles. The summed E-state index contributed by atoms with van der Waals surface area (Å²) in [6, 6.07) is 6.89. The summed E-state index contributed by atoms with van der Waals surface area (Å²) >= 11 is 6.28. The Hall–Kier alpha value is -2.34. The van der Waals surface area contributed by atoms with Gasteiger partial charge in [0.15, 0.2) is 0 Å². The van der Waals surface area contributed by atoms with Gasteiger partial charge in [-0.3, -0.25) is 0 Å². The molecule has 1 aliphatic heterocycles. The Labute approximate surface area is 158 Å². The van der Waals surface area contributed by atoms with Crippen LogP contribution in [0.2, 0.25) is 5.02 Å². The van der Waals surface area contributed by atoms with Crippen LogP contribution in [-0.4, -0.2) is 36.1 Å². The summed E-state index contributed by atoms with van der Waals surface area (Å²) in [6.07, 6.45) is 4.89. The number of rotatable bonds is 4. The number of carbonyl (C=O) groups is 1. The normalized spacial score (nSPS) is 14.7. The lowest BCUT2D eigenvalue weighted by molar-refractivity contribution is 0.0601. The second-order valence-corrected chi connectivity index (χ2v) is 6.78. The van der Waals surface area contributed by atoms with Crippen LogP contribution in [0.4, 0.5) is 17.3 Å². The Morgan fingerprint density at radius 1 is 1.15 bits per heavy atom. The third-order valence-electron chi connectivity index (χ3n) is 4.40. The summed E-state index contributed by atoms with van der Waals surface area (Å²) in [5.74, 6) is 1.85. The second kappa shape index (κ2) is 8.36. The average molecular weight is 375 g/mol. The largest absolute Gasteiger partial charge is 0.465 e. The van der Waals surface area contributed by atoms with Crippen molar-refractivity contribution >= 4 is 34.9 Å². The quantitative estimate of drug-likeness (QED) is 0.802. The lowest BCUT2D eigenvalue weighted by Crippen LogP contribution is -2.25. The van der Waals surface area contributed by atoms with E-state index in [0.717, 1.165) is 18.9 Å². The summed E-state index contributed by atoms with van der Waals surface area (Å²) in [4.78, 5) is 23.1. The molecule has 1 fully saturated rings. The lowest BCUT2D eigenvalue weighted by Gasteiger charge is -2.22. The van der Waals surface area contributed by atoms with Crippen molar-refractivity contribution in [3.8, 4) is 0 Å². The van der Waals surface area contributed by atoms with Gasteiger partial charge in [0.1, 0.15) is 17.5 Å². The van der Waals surface area contributed by atoms with Crippen molar-refractivity contribution in [2.75, 3.05) is 30.4 Å². The van der Waals surface area contributed by atoms with Crippen LogP contribution in [0.15, 0.2) is 24.3 Å². The molecule has 0 atom stereocenters. The van der Waals surface area contributed by atoms with Gasteiger partial charge in [0.2, 0.25) is 0 Å². The number of aromatic nitrogens is 2. The summed E-state index contributed by atoms with van der Waals surface area (Å²) in [7, 11) is 1.35. The zero-order chi connectivity index (χ0) is 18.5. The molecule has 1 aromatic heterocycles. The van der Waals surface area contributed by atoms with Crippen LogP contribution in [0.3, 0.4) is 0 Å². The van der Waals surface area contributed by atoms with Gasteiger partial charge >= 0.3 is 5.97 Å². The molecule has 7 heteroatoms. The summed E-state index contributed by atoms with van der Waals surface area (Å²) in [5.41, 5.74) is 1.03. The molecule has 0 unspecified atom stereocenters. The van der Waals surface area contributed by atoms with E-state index in [1.54, 1.807) is 18.2 Å². The number of carbonyl (C=O) groups excluding carboxylic acids is 1. The van der Waals surface area contributed by atoms with Crippen molar-refractivity contribution in [2.45, 2.75) is 32.6 Å². The van der Waals surface area contributed by atoms with Gasteiger partial charge in [0, 0.05) is 19.2 Å². The van der Waals surface area contributed by atoms with Gasteiger partial charge in [-0.05, 0) is 38.0 Å². The van der Waals surface area contributed by atoms with Crippen LogP contribution in [-0.2, 0) is 4.74 Å². The fraction of sp³-hybridized carbons (Fsp3) is 0.421. The predicted octanol–water partition coefficient (Wildman–Crippen LogP) is 4.35. The third kappa shape index (κ3) is 4.43. The first-order valence-corrected chi connectivity index (χ1v) is 9.20. The minimum Gasteiger partial charge on any atom is -0.465 e. The molecule has 0 amide bonds. The molecule has 2 heterocycles. The molecule has 0 aliphatic carbocycles. The van der Waals surface area contributed by atoms with Gasteiger partial charge in [0.05, 0.1) is 23.4 Å². The average Bonchev–Trinajstić information content (AvgIpc) is 2.92. The molecule has 1 N–H and O–H groups in total. The molecule has 3 rings (SSSR count). The molecule has 0 radical (unpaired) electrons. The highest BCUT2D eigenvalue weighted by molar-refractivity contribution is 6.33. The fourth-order valence-corrected chi connectivity index (χ4v) is 3.25. The van der Waals surface area contributed by atoms with E-state index in [9.17, 15) is 4.79 Å². The molecule has 0 spiro atoms. The molecular weight excluding hydrogens is 352 g/mol. The van der Waals surface area contributed by atoms with Gasteiger partial charge in [-0.1, -0.05) is 24.4 Å². The Morgan fingerprint density at radius 2 is 1.88 bits per heavy atom. The Balaban J connectivity index is 1.87. The highest BCUT2D eigenvalue weighted by Crippen LogP contribution is 2.28. The number of halogens is 1. The smallest absolute Gasteiger partial charge is 0.337 e. The van der Waals surface area contributed by atoms with Crippen LogP contribution in [0.5, 0.6) is 0 Å². The molecule has 0 bridgehead atoms. The highest BCUT2D eigenvalue weighted by Gasteiger charge is 2.14. The predicted molar refractivity (Wildman–Crippen MR) is 104 cm³/mol. The minimum absolute atomic E-state index is 0.408. The summed E-state index contributed by atoms with van der Waals surface area (Å²) in [5, 5.41) is 3.71. The maximum Gasteiger partial charge on any atom is 0.337 e.